The number of rotatable bonds is 5. The Kier molecular flexibility index (Phi) is 3.98. The Hall–Kier alpha value is -3.16. The minimum absolute atomic E-state index is 0.0100. The van der Waals surface area contributed by atoms with Gasteiger partial charge in [0.2, 0.25) is 5.91 Å². The van der Waals surface area contributed by atoms with E-state index in [9.17, 15) is 19.7 Å². The van der Waals surface area contributed by atoms with Gasteiger partial charge in [-0.2, -0.15) is 0 Å². The van der Waals surface area contributed by atoms with Crippen molar-refractivity contribution in [2.24, 2.45) is 0 Å². The first kappa shape index (κ1) is 14.3. The monoisotopic (exact) mass is 289 g/mol. The number of aromatic carboxylic acids is 1. The molecule has 8 nitrogen and oxygen atoms in total. The zero-order valence-corrected chi connectivity index (χ0v) is 10.7. The van der Waals surface area contributed by atoms with Crippen LogP contribution in [0.15, 0.2) is 42.6 Å². The zero-order valence-electron chi connectivity index (χ0n) is 10.7. The molecule has 1 amide bonds. The van der Waals surface area contributed by atoms with Crippen LogP contribution in [0.2, 0.25) is 0 Å². The number of nitrogens with zero attached hydrogens (tertiary/aromatic N) is 2. The van der Waals surface area contributed by atoms with E-state index >= 15 is 0 Å². The standard InChI is InChI=1S/C13H11N3O5/c17-12(8-15-6-2-5-11(15)13(18)19)14-9-3-1-4-10(7-9)16(20)21/h1-7H,8H2,(H,14,17)(H,18,19). The van der Waals surface area contributed by atoms with Crippen LogP contribution >= 0.6 is 0 Å². The van der Waals surface area contributed by atoms with Crippen molar-refractivity contribution in [1.29, 1.82) is 0 Å². The molecule has 0 atom stereocenters. The van der Waals surface area contributed by atoms with Crippen molar-refractivity contribution in [2.45, 2.75) is 6.54 Å². The van der Waals surface area contributed by atoms with Crippen LogP contribution in [-0.2, 0) is 11.3 Å². The molecule has 2 N–H and O–H groups in total. The first-order valence-corrected chi connectivity index (χ1v) is 5.90. The fourth-order valence-corrected chi connectivity index (χ4v) is 1.80. The topological polar surface area (TPSA) is 114 Å². The molecule has 0 spiro atoms. The number of carbonyl (C=O) groups is 2. The maximum Gasteiger partial charge on any atom is 0.352 e. The van der Waals surface area contributed by atoms with Gasteiger partial charge in [-0.05, 0) is 18.2 Å². The maximum atomic E-state index is 11.8. The van der Waals surface area contributed by atoms with Crippen molar-refractivity contribution in [2.75, 3.05) is 5.32 Å². The summed E-state index contributed by atoms with van der Waals surface area (Å²) < 4.78 is 1.27. The second kappa shape index (κ2) is 5.87. The molecule has 0 saturated carbocycles. The lowest BCUT2D eigenvalue weighted by Crippen LogP contribution is -2.20. The molecule has 108 valence electrons. The number of nitro benzene ring substituents is 1. The number of hydrogen-bond donors (Lipinski definition) is 2. The predicted octanol–water partition coefficient (Wildman–Crippen LogP) is 1.73. The predicted molar refractivity (Wildman–Crippen MR) is 73.1 cm³/mol. The molecule has 1 aromatic carbocycles. The number of benzene rings is 1. The third kappa shape index (κ3) is 3.44. The van der Waals surface area contributed by atoms with Crippen LogP contribution in [0.5, 0.6) is 0 Å². The lowest BCUT2D eigenvalue weighted by Gasteiger charge is -2.07. The number of carbonyl (C=O) groups excluding carboxylic acids is 1. The fraction of sp³-hybridized carbons (Fsp3) is 0.0769. The molecule has 2 rings (SSSR count). The number of carboxylic acid groups (broad SMARTS) is 1. The van der Waals surface area contributed by atoms with Crippen molar-refractivity contribution in [1.82, 2.24) is 4.57 Å². The Morgan fingerprint density at radius 3 is 2.71 bits per heavy atom. The van der Waals surface area contributed by atoms with Gasteiger partial charge >= 0.3 is 5.97 Å². The second-order valence-electron chi connectivity index (χ2n) is 4.18. The van der Waals surface area contributed by atoms with Gasteiger partial charge in [0, 0.05) is 24.0 Å². The Morgan fingerprint density at radius 1 is 1.29 bits per heavy atom. The van der Waals surface area contributed by atoms with Gasteiger partial charge in [0.05, 0.1) is 4.92 Å². The average molecular weight is 289 g/mol. The quantitative estimate of drug-likeness (QED) is 0.642. The molecule has 0 aliphatic rings. The van der Waals surface area contributed by atoms with E-state index in [1.807, 2.05) is 0 Å². The maximum absolute atomic E-state index is 11.8. The summed E-state index contributed by atoms with van der Waals surface area (Å²) in [4.78, 5) is 32.8. The van der Waals surface area contributed by atoms with Gasteiger partial charge in [0.1, 0.15) is 12.2 Å². The number of carboxylic acids is 1. The van der Waals surface area contributed by atoms with E-state index in [-0.39, 0.29) is 23.6 Å². The van der Waals surface area contributed by atoms with Crippen molar-refractivity contribution in [3.05, 3.63) is 58.4 Å². The Bertz CT molecular complexity index is 707. The molecule has 0 fully saturated rings. The smallest absolute Gasteiger partial charge is 0.352 e. The molecule has 8 heteroatoms. The fourth-order valence-electron chi connectivity index (χ4n) is 1.80. The molecule has 1 heterocycles. The zero-order chi connectivity index (χ0) is 15.4. The summed E-state index contributed by atoms with van der Waals surface area (Å²) in [6.45, 7) is -0.197. The van der Waals surface area contributed by atoms with Gasteiger partial charge in [-0.15, -0.1) is 0 Å². The number of aromatic nitrogens is 1. The Morgan fingerprint density at radius 2 is 2.05 bits per heavy atom. The van der Waals surface area contributed by atoms with Crippen molar-refractivity contribution < 1.29 is 19.6 Å². The van der Waals surface area contributed by atoms with E-state index in [4.69, 9.17) is 5.11 Å². The number of amides is 1. The van der Waals surface area contributed by atoms with Gasteiger partial charge in [-0.25, -0.2) is 4.79 Å². The van der Waals surface area contributed by atoms with Crippen LogP contribution in [0.1, 0.15) is 10.5 Å². The molecule has 2 aromatic rings. The van der Waals surface area contributed by atoms with Crippen LogP contribution in [0.4, 0.5) is 11.4 Å². The van der Waals surface area contributed by atoms with E-state index in [2.05, 4.69) is 5.32 Å². The summed E-state index contributed by atoms with van der Waals surface area (Å²) in [6, 6.07) is 8.40. The normalized spacial score (nSPS) is 10.1. The van der Waals surface area contributed by atoms with Gasteiger partial charge in [0.15, 0.2) is 0 Å². The van der Waals surface area contributed by atoms with Gasteiger partial charge < -0.3 is 15.0 Å². The average Bonchev–Trinajstić information content (AvgIpc) is 2.87. The molecule has 0 aliphatic carbocycles. The lowest BCUT2D eigenvalue weighted by atomic mass is 10.3. The van der Waals surface area contributed by atoms with Crippen molar-refractivity contribution in [3.8, 4) is 0 Å². The first-order valence-electron chi connectivity index (χ1n) is 5.90. The molecular weight excluding hydrogens is 278 g/mol. The van der Waals surface area contributed by atoms with Crippen LogP contribution in [0, 0.1) is 10.1 Å². The SMILES string of the molecule is O=C(Cn1cccc1C(=O)O)Nc1cccc([N+](=O)[O-])c1. The molecule has 1 aromatic heterocycles. The molecule has 0 radical (unpaired) electrons. The van der Waals surface area contributed by atoms with E-state index < -0.39 is 16.8 Å². The highest BCUT2D eigenvalue weighted by Gasteiger charge is 2.12. The highest BCUT2D eigenvalue weighted by Crippen LogP contribution is 2.17. The van der Waals surface area contributed by atoms with E-state index in [1.54, 1.807) is 0 Å². The minimum Gasteiger partial charge on any atom is -0.477 e. The minimum atomic E-state index is -1.14. The molecule has 0 aliphatic heterocycles. The van der Waals surface area contributed by atoms with Gasteiger partial charge in [-0.1, -0.05) is 6.07 Å². The number of anilines is 1. The Balaban J connectivity index is 2.08. The molecule has 0 bridgehead atoms. The first-order chi connectivity index (χ1) is 9.97. The van der Waals surface area contributed by atoms with Crippen LogP contribution in [0.25, 0.3) is 0 Å². The third-order valence-electron chi connectivity index (χ3n) is 2.70. The highest BCUT2D eigenvalue weighted by molar-refractivity contribution is 5.92. The summed E-state index contributed by atoms with van der Waals surface area (Å²) in [7, 11) is 0. The lowest BCUT2D eigenvalue weighted by molar-refractivity contribution is -0.384. The van der Waals surface area contributed by atoms with E-state index in [0.29, 0.717) is 0 Å². The summed E-state index contributed by atoms with van der Waals surface area (Å²) in [6.07, 6.45) is 1.47. The van der Waals surface area contributed by atoms with E-state index in [1.165, 1.54) is 47.2 Å². The molecular formula is C13H11N3O5. The summed E-state index contributed by atoms with van der Waals surface area (Å²) in [5, 5.41) is 22.0. The molecule has 21 heavy (non-hydrogen) atoms. The molecule has 0 unspecified atom stereocenters. The number of nitro groups is 1. The van der Waals surface area contributed by atoms with Crippen LogP contribution < -0.4 is 5.32 Å². The number of hydrogen-bond acceptors (Lipinski definition) is 4. The summed E-state index contributed by atoms with van der Waals surface area (Å²) in [5.74, 6) is -1.61. The highest BCUT2D eigenvalue weighted by atomic mass is 16.6. The van der Waals surface area contributed by atoms with Gasteiger partial charge in [-0.3, -0.25) is 14.9 Å². The van der Waals surface area contributed by atoms with Crippen LogP contribution in [0.3, 0.4) is 0 Å². The Labute approximate surface area is 118 Å². The van der Waals surface area contributed by atoms with Crippen molar-refractivity contribution in [3.63, 3.8) is 0 Å². The number of nitrogens with one attached hydrogen (secondary N) is 1. The van der Waals surface area contributed by atoms with Crippen molar-refractivity contribution >= 4 is 23.3 Å². The van der Waals surface area contributed by atoms with E-state index in [0.717, 1.165) is 0 Å². The summed E-state index contributed by atoms with van der Waals surface area (Å²) >= 11 is 0. The van der Waals surface area contributed by atoms with Gasteiger partial charge in [0.25, 0.3) is 5.69 Å². The summed E-state index contributed by atoms with van der Waals surface area (Å²) in [5.41, 5.74) is 0.127. The molecule has 0 saturated heterocycles. The largest absolute Gasteiger partial charge is 0.477 e. The second-order valence-corrected chi connectivity index (χ2v) is 4.18. The third-order valence-corrected chi connectivity index (χ3v) is 2.70. The van der Waals surface area contributed by atoms with Crippen LogP contribution in [-0.4, -0.2) is 26.5 Å². The number of non-ortho nitro benzene ring substituents is 1.